The summed E-state index contributed by atoms with van der Waals surface area (Å²) >= 11 is 0. The van der Waals surface area contributed by atoms with Crippen LogP contribution in [0.4, 0.5) is 0 Å². The molecule has 2 aliphatic heterocycles. The van der Waals surface area contributed by atoms with Gasteiger partial charge in [-0.25, -0.2) is 0 Å². The van der Waals surface area contributed by atoms with Crippen molar-refractivity contribution in [1.29, 1.82) is 0 Å². The maximum absolute atomic E-state index is 11.8. The molecule has 6 unspecified atom stereocenters. The number of hydrogen-bond donors (Lipinski definition) is 1. The first kappa shape index (κ1) is 13.1. The van der Waals surface area contributed by atoms with Crippen LogP contribution in [0.25, 0.3) is 0 Å². The first-order valence-corrected chi connectivity index (χ1v) is 7.14. The average molecular weight is 266 g/mol. The van der Waals surface area contributed by atoms with Crippen LogP contribution in [0.15, 0.2) is 11.6 Å². The number of fused-ring (bicyclic) bond motifs is 3. The molecule has 3 rings (SSSR count). The zero-order valence-electron chi connectivity index (χ0n) is 11.8. The van der Waals surface area contributed by atoms with Crippen molar-refractivity contribution in [1.82, 2.24) is 0 Å². The number of hydrogen-bond acceptors (Lipinski definition) is 4. The van der Waals surface area contributed by atoms with E-state index in [4.69, 9.17) is 9.47 Å². The Morgan fingerprint density at radius 3 is 2.95 bits per heavy atom. The third kappa shape index (κ3) is 2.21. The lowest BCUT2D eigenvalue weighted by Crippen LogP contribution is -2.31. The van der Waals surface area contributed by atoms with E-state index in [1.54, 1.807) is 0 Å². The largest absolute Gasteiger partial charge is 0.459 e. The number of epoxide rings is 1. The SMILES string of the molecule is CC1=CC(O)CC2(C)OC2C2OC(=O)C(C)C2CC1. The van der Waals surface area contributed by atoms with E-state index in [0.29, 0.717) is 6.42 Å². The fourth-order valence-corrected chi connectivity index (χ4v) is 3.60. The molecule has 4 heteroatoms. The Balaban J connectivity index is 1.87. The van der Waals surface area contributed by atoms with Crippen molar-refractivity contribution in [3.63, 3.8) is 0 Å². The van der Waals surface area contributed by atoms with Gasteiger partial charge in [0.1, 0.15) is 12.2 Å². The van der Waals surface area contributed by atoms with Crippen LogP contribution in [-0.2, 0) is 14.3 Å². The molecule has 0 saturated carbocycles. The maximum atomic E-state index is 11.8. The summed E-state index contributed by atoms with van der Waals surface area (Å²) in [5.41, 5.74) is 0.835. The molecule has 0 aromatic rings. The van der Waals surface area contributed by atoms with Crippen molar-refractivity contribution in [3.8, 4) is 0 Å². The number of allylic oxidation sites excluding steroid dienone is 1. The molecule has 2 saturated heterocycles. The minimum Gasteiger partial charge on any atom is -0.459 e. The minimum absolute atomic E-state index is 0.0457. The molecule has 2 heterocycles. The lowest BCUT2D eigenvalue weighted by molar-refractivity contribution is -0.144. The van der Waals surface area contributed by atoms with Gasteiger partial charge in [0.25, 0.3) is 0 Å². The van der Waals surface area contributed by atoms with Crippen molar-refractivity contribution in [2.75, 3.05) is 0 Å². The third-order valence-corrected chi connectivity index (χ3v) is 4.89. The van der Waals surface area contributed by atoms with Crippen molar-refractivity contribution < 1.29 is 19.4 Å². The van der Waals surface area contributed by atoms with E-state index < -0.39 is 6.10 Å². The number of ether oxygens (including phenoxy) is 2. The molecule has 0 spiro atoms. The number of aliphatic hydroxyl groups is 1. The van der Waals surface area contributed by atoms with E-state index in [-0.39, 0.29) is 35.6 Å². The Morgan fingerprint density at radius 2 is 2.21 bits per heavy atom. The summed E-state index contributed by atoms with van der Waals surface area (Å²) < 4.78 is 11.3. The van der Waals surface area contributed by atoms with Crippen molar-refractivity contribution in [2.45, 2.75) is 63.9 Å². The molecule has 0 amide bonds. The predicted octanol–water partition coefficient (Wildman–Crippen LogP) is 1.81. The Morgan fingerprint density at radius 1 is 1.47 bits per heavy atom. The van der Waals surface area contributed by atoms with E-state index in [1.165, 1.54) is 5.57 Å². The van der Waals surface area contributed by atoms with Gasteiger partial charge in [-0.1, -0.05) is 18.6 Å². The molecule has 106 valence electrons. The lowest BCUT2D eigenvalue weighted by atomic mass is 9.81. The van der Waals surface area contributed by atoms with Gasteiger partial charge < -0.3 is 14.6 Å². The Kier molecular flexibility index (Phi) is 2.98. The van der Waals surface area contributed by atoms with Crippen LogP contribution in [0.2, 0.25) is 0 Å². The molecule has 19 heavy (non-hydrogen) atoms. The van der Waals surface area contributed by atoms with Gasteiger partial charge in [0.15, 0.2) is 0 Å². The van der Waals surface area contributed by atoms with Crippen LogP contribution < -0.4 is 0 Å². The first-order valence-electron chi connectivity index (χ1n) is 7.14. The molecule has 0 aromatic heterocycles. The van der Waals surface area contributed by atoms with Crippen LogP contribution in [0.1, 0.15) is 40.0 Å². The van der Waals surface area contributed by atoms with Gasteiger partial charge in [0.05, 0.1) is 17.6 Å². The predicted molar refractivity (Wildman–Crippen MR) is 69.4 cm³/mol. The van der Waals surface area contributed by atoms with Gasteiger partial charge >= 0.3 is 5.97 Å². The highest BCUT2D eigenvalue weighted by Gasteiger charge is 2.62. The van der Waals surface area contributed by atoms with Gasteiger partial charge in [-0.15, -0.1) is 0 Å². The van der Waals surface area contributed by atoms with Gasteiger partial charge in [-0.3, -0.25) is 4.79 Å². The van der Waals surface area contributed by atoms with Crippen LogP contribution in [-0.4, -0.2) is 35.0 Å². The van der Waals surface area contributed by atoms with Crippen molar-refractivity contribution in [3.05, 3.63) is 11.6 Å². The van der Waals surface area contributed by atoms with Crippen LogP contribution in [0.5, 0.6) is 0 Å². The smallest absolute Gasteiger partial charge is 0.309 e. The quantitative estimate of drug-likeness (QED) is 0.413. The maximum Gasteiger partial charge on any atom is 0.309 e. The lowest BCUT2D eigenvalue weighted by Gasteiger charge is -2.21. The first-order chi connectivity index (χ1) is 8.90. The zero-order valence-corrected chi connectivity index (χ0v) is 11.8. The Labute approximate surface area is 113 Å². The summed E-state index contributed by atoms with van der Waals surface area (Å²) in [5, 5.41) is 10.0. The number of rotatable bonds is 0. The second kappa shape index (κ2) is 4.32. The normalized spacial score (nSPS) is 49.8. The second-order valence-electron chi connectivity index (χ2n) is 6.53. The average Bonchev–Trinajstić information content (AvgIpc) is 2.88. The van der Waals surface area contributed by atoms with Gasteiger partial charge in [-0.05, 0) is 26.7 Å². The zero-order chi connectivity index (χ0) is 13.8. The Hall–Kier alpha value is -0.870. The van der Waals surface area contributed by atoms with Crippen LogP contribution >= 0.6 is 0 Å². The third-order valence-electron chi connectivity index (χ3n) is 4.89. The molecule has 4 nitrogen and oxygen atoms in total. The molecule has 0 radical (unpaired) electrons. The fraction of sp³-hybridized carbons (Fsp3) is 0.800. The highest BCUT2D eigenvalue weighted by atomic mass is 16.6. The number of carbonyl (C=O) groups is 1. The molecule has 0 bridgehead atoms. The summed E-state index contributed by atoms with van der Waals surface area (Å²) in [6.45, 7) is 5.99. The molecule has 1 aliphatic carbocycles. The summed E-state index contributed by atoms with van der Waals surface area (Å²) in [7, 11) is 0. The molecular weight excluding hydrogens is 244 g/mol. The summed E-state index contributed by atoms with van der Waals surface area (Å²) in [6, 6.07) is 0. The van der Waals surface area contributed by atoms with Crippen molar-refractivity contribution in [2.24, 2.45) is 11.8 Å². The van der Waals surface area contributed by atoms with Crippen LogP contribution in [0, 0.1) is 11.8 Å². The second-order valence-corrected chi connectivity index (χ2v) is 6.53. The van der Waals surface area contributed by atoms with E-state index in [9.17, 15) is 9.90 Å². The minimum atomic E-state index is -0.471. The molecule has 0 aromatic carbocycles. The molecular formula is C15H22O4. The van der Waals surface area contributed by atoms with E-state index >= 15 is 0 Å². The number of carbonyl (C=O) groups excluding carboxylic acids is 1. The topological polar surface area (TPSA) is 59.1 Å². The van der Waals surface area contributed by atoms with Gasteiger partial charge in [0, 0.05) is 12.3 Å². The standard InChI is InChI=1S/C15H22O4/c1-8-4-5-11-9(2)14(17)18-12(11)13-15(3,19-13)7-10(16)6-8/h6,9-13,16H,4-5,7H2,1-3H3. The monoisotopic (exact) mass is 266 g/mol. The number of esters is 1. The molecule has 6 atom stereocenters. The van der Waals surface area contributed by atoms with Gasteiger partial charge in [-0.2, -0.15) is 0 Å². The molecule has 3 aliphatic rings. The summed E-state index contributed by atoms with van der Waals surface area (Å²) in [5.74, 6) is 0.0859. The van der Waals surface area contributed by atoms with Crippen molar-refractivity contribution >= 4 is 5.97 Å². The van der Waals surface area contributed by atoms with E-state index in [1.807, 2.05) is 26.8 Å². The molecule has 1 N–H and O–H groups in total. The summed E-state index contributed by atoms with van der Waals surface area (Å²) in [6.07, 6.45) is 3.67. The summed E-state index contributed by atoms with van der Waals surface area (Å²) in [4.78, 5) is 11.8. The van der Waals surface area contributed by atoms with Crippen LogP contribution in [0.3, 0.4) is 0 Å². The number of aliphatic hydroxyl groups excluding tert-OH is 1. The Bertz CT molecular complexity index is 430. The van der Waals surface area contributed by atoms with E-state index in [0.717, 1.165) is 12.8 Å². The highest BCUT2D eigenvalue weighted by molar-refractivity contribution is 5.75. The molecule has 2 fully saturated rings. The highest BCUT2D eigenvalue weighted by Crippen LogP contribution is 2.50. The van der Waals surface area contributed by atoms with Gasteiger partial charge in [0.2, 0.25) is 0 Å². The fourth-order valence-electron chi connectivity index (χ4n) is 3.60. The van der Waals surface area contributed by atoms with E-state index in [2.05, 4.69) is 0 Å².